The highest BCUT2D eigenvalue weighted by atomic mass is 16.2. The molecule has 0 spiro atoms. The summed E-state index contributed by atoms with van der Waals surface area (Å²) in [6, 6.07) is 8.69. The number of amides is 1. The molecular formula is C13H14N4O2. The minimum atomic E-state index is -0.676. The Bertz CT molecular complexity index is 664. The van der Waals surface area contributed by atoms with Crippen molar-refractivity contribution in [2.45, 2.75) is 18.4 Å². The number of H-pyrrole nitrogens is 2. The first-order chi connectivity index (χ1) is 9.07. The zero-order chi connectivity index (χ0) is 13.5. The minimum absolute atomic E-state index is 0.143. The van der Waals surface area contributed by atoms with E-state index >= 15 is 0 Å². The lowest BCUT2D eigenvalue weighted by Gasteiger charge is -2.10. The van der Waals surface area contributed by atoms with Gasteiger partial charge in [0.15, 0.2) is 0 Å². The third-order valence-corrected chi connectivity index (χ3v) is 3.29. The molecule has 1 aromatic heterocycles. The maximum Gasteiger partial charge on any atom is 0.264 e. The highest BCUT2D eigenvalue weighted by molar-refractivity contribution is 6.00. The Morgan fingerprint density at radius 1 is 1.21 bits per heavy atom. The molecule has 0 radical (unpaired) electrons. The molecule has 2 aromatic rings. The summed E-state index contributed by atoms with van der Waals surface area (Å²) < 4.78 is 0. The molecule has 1 heterocycles. The third-order valence-electron chi connectivity index (χ3n) is 3.29. The van der Waals surface area contributed by atoms with Crippen molar-refractivity contribution in [3.05, 3.63) is 40.7 Å². The van der Waals surface area contributed by atoms with Crippen LogP contribution in [0.5, 0.6) is 0 Å². The van der Waals surface area contributed by atoms with Crippen LogP contribution < -0.4 is 16.6 Å². The smallest absolute Gasteiger partial charge is 0.264 e. The van der Waals surface area contributed by atoms with E-state index in [-0.39, 0.29) is 11.5 Å². The lowest BCUT2D eigenvalue weighted by Crippen LogP contribution is -2.37. The highest BCUT2D eigenvalue weighted by Gasteiger charge is 2.45. The Hall–Kier alpha value is -2.34. The standard InChI is InChI=1S/C13H14N4O2/c14-13(5-6-13)12(19)15-9-3-1-8(2-4-9)10-7-11(18)17-16-10/h1-4,7H,5-6,14H2,(H,15,19)(H2,16,17,18). The fraction of sp³-hybridized carbons (Fsp3) is 0.231. The summed E-state index contributed by atoms with van der Waals surface area (Å²) in [6.07, 6.45) is 1.48. The van der Waals surface area contributed by atoms with Crippen LogP contribution in [0.2, 0.25) is 0 Å². The van der Waals surface area contributed by atoms with Crippen LogP contribution >= 0.6 is 0 Å². The number of hydrogen-bond acceptors (Lipinski definition) is 3. The van der Waals surface area contributed by atoms with Gasteiger partial charge in [-0.05, 0) is 30.5 Å². The van der Waals surface area contributed by atoms with Crippen LogP contribution in [0.25, 0.3) is 11.3 Å². The number of hydrogen-bond donors (Lipinski definition) is 4. The van der Waals surface area contributed by atoms with Crippen molar-refractivity contribution in [2.24, 2.45) is 5.73 Å². The predicted octanol–water partition coefficient (Wildman–Crippen LogP) is 0.800. The minimum Gasteiger partial charge on any atom is -0.324 e. The lowest BCUT2D eigenvalue weighted by atomic mass is 10.1. The van der Waals surface area contributed by atoms with Gasteiger partial charge in [-0.3, -0.25) is 19.8 Å². The van der Waals surface area contributed by atoms with Crippen molar-refractivity contribution in [1.82, 2.24) is 10.2 Å². The van der Waals surface area contributed by atoms with Crippen molar-refractivity contribution >= 4 is 11.6 Å². The van der Waals surface area contributed by atoms with E-state index in [0.717, 1.165) is 18.4 Å². The number of aromatic amines is 2. The van der Waals surface area contributed by atoms with Crippen molar-refractivity contribution in [3.8, 4) is 11.3 Å². The van der Waals surface area contributed by atoms with Gasteiger partial charge in [0.05, 0.1) is 11.2 Å². The van der Waals surface area contributed by atoms with Gasteiger partial charge in [-0.25, -0.2) is 0 Å². The molecule has 6 nitrogen and oxygen atoms in total. The number of carbonyl (C=O) groups is 1. The number of nitrogens with two attached hydrogens (primary N) is 1. The van der Waals surface area contributed by atoms with Gasteiger partial charge in [-0.1, -0.05) is 12.1 Å². The maximum atomic E-state index is 11.8. The van der Waals surface area contributed by atoms with Crippen molar-refractivity contribution in [3.63, 3.8) is 0 Å². The molecule has 6 heteroatoms. The molecule has 0 unspecified atom stereocenters. The predicted molar refractivity (Wildman–Crippen MR) is 71.6 cm³/mol. The molecule has 0 bridgehead atoms. The molecule has 19 heavy (non-hydrogen) atoms. The molecular weight excluding hydrogens is 244 g/mol. The normalized spacial score (nSPS) is 16.1. The third kappa shape index (κ3) is 2.30. The topological polar surface area (TPSA) is 104 Å². The van der Waals surface area contributed by atoms with Crippen LogP contribution in [-0.4, -0.2) is 21.6 Å². The first kappa shape index (κ1) is 11.7. The van der Waals surface area contributed by atoms with E-state index in [1.807, 2.05) is 12.1 Å². The Labute approximate surface area is 109 Å². The van der Waals surface area contributed by atoms with Gasteiger partial charge in [-0.2, -0.15) is 0 Å². The van der Waals surface area contributed by atoms with E-state index < -0.39 is 5.54 Å². The molecule has 1 aromatic carbocycles. The monoisotopic (exact) mass is 258 g/mol. The first-order valence-electron chi connectivity index (χ1n) is 6.05. The largest absolute Gasteiger partial charge is 0.324 e. The van der Waals surface area contributed by atoms with E-state index in [1.165, 1.54) is 6.07 Å². The van der Waals surface area contributed by atoms with Gasteiger partial charge in [0.1, 0.15) is 0 Å². The van der Waals surface area contributed by atoms with Gasteiger partial charge >= 0.3 is 0 Å². The molecule has 3 rings (SSSR count). The molecule has 1 aliphatic carbocycles. The average molecular weight is 258 g/mol. The van der Waals surface area contributed by atoms with E-state index in [0.29, 0.717) is 11.4 Å². The zero-order valence-electron chi connectivity index (χ0n) is 10.2. The molecule has 0 atom stereocenters. The van der Waals surface area contributed by atoms with Gasteiger partial charge in [0.25, 0.3) is 5.56 Å². The van der Waals surface area contributed by atoms with E-state index in [4.69, 9.17) is 5.73 Å². The van der Waals surface area contributed by atoms with E-state index in [2.05, 4.69) is 15.5 Å². The Balaban J connectivity index is 1.75. The summed E-state index contributed by atoms with van der Waals surface area (Å²) in [7, 11) is 0. The Morgan fingerprint density at radius 2 is 1.89 bits per heavy atom. The number of aromatic nitrogens is 2. The number of anilines is 1. The summed E-state index contributed by atoms with van der Waals surface area (Å²) in [5, 5.41) is 8.03. The van der Waals surface area contributed by atoms with Crippen molar-refractivity contribution in [2.75, 3.05) is 5.32 Å². The second-order valence-electron chi connectivity index (χ2n) is 4.86. The van der Waals surface area contributed by atoms with Gasteiger partial charge in [-0.15, -0.1) is 0 Å². The second kappa shape index (κ2) is 4.10. The molecule has 5 N–H and O–H groups in total. The molecule has 1 amide bonds. The first-order valence-corrected chi connectivity index (χ1v) is 6.05. The van der Waals surface area contributed by atoms with Crippen molar-refractivity contribution in [1.29, 1.82) is 0 Å². The van der Waals surface area contributed by atoms with Crippen LogP contribution in [-0.2, 0) is 4.79 Å². The van der Waals surface area contributed by atoms with Crippen LogP contribution in [0.4, 0.5) is 5.69 Å². The summed E-state index contributed by atoms with van der Waals surface area (Å²) in [5.74, 6) is -0.143. The molecule has 0 saturated heterocycles. The van der Waals surface area contributed by atoms with E-state index in [9.17, 15) is 9.59 Å². The van der Waals surface area contributed by atoms with Crippen LogP contribution in [0.3, 0.4) is 0 Å². The number of nitrogens with one attached hydrogen (secondary N) is 3. The average Bonchev–Trinajstić information content (AvgIpc) is 3.01. The number of benzene rings is 1. The summed E-state index contributed by atoms with van der Waals surface area (Å²) in [6.45, 7) is 0. The summed E-state index contributed by atoms with van der Waals surface area (Å²) in [4.78, 5) is 22.8. The van der Waals surface area contributed by atoms with Crippen molar-refractivity contribution < 1.29 is 4.79 Å². The molecule has 1 aliphatic rings. The quantitative estimate of drug-likeness (QED) is 0.654. The van der Waals surface area contributed by atoms with Gasteiger partial charge in [0.2, 0.25) is 5.91 Å². The molecule has 0 aliphatic heterocycles. The lowest BCUT2D eigenvalue weighted by molar-refractivity contribution is -0.118. The van der Waals surface area contributed by atoms with Gasteiger partial charge < -0.3 is 11.1 Å². The summed E-state index contributed by atoms with van der Waals surface area (Å²) >= 11 is 0. The fourth-order valence-corrected chi connectivity index (χ4v) is 1.84. The molecule has 98 valence electrons. The summed E-state index contributed by atoms with van der Waals surface area (Å²) in [5.41, 5.74) is 7.23. The van der Waals surface area contributed by atoms with Crippen LogP contribution in [0.1, 0.15) is 12.8 Å². The number of rotatable bonds is 3. The van der Waals surface area contributed by atoms with E-state index in [1.54, 1.807) is 12.1 Å². The Kier molecular flexibility index (Phi) is 2.53. The van der Waals surface area contributed by atoms with Crippen LogP contribution in [0, 0.1) is 0 Å². The maximum absolute atomic E-state index is 11.8. The fourth-order valence-electron chi connectivity index (χ4n) is 1.84. The second-order valence-corrected chi connectivity index (χ2v) is 4.86. The van der Waals surface area contributed by atoms with Crippen LogP contribution in [0.15, 0.2) is 35.1 Å². The Morgan fingerprint density at radius 3 is 2.42 bits per heavy atom. The van der Waals surface area contributed by atoms with Gasteiger partial charge in [0, 0.05) is 11.8 Å². The zero-order valence-corrected chi connectivity index (χ0v) is 10.2. The SMILES string of the molecule is NC1(C(=O)Nc2ccc(-c3cc(=O)[nH][nH]3)cc2)CC1. The molecule has 1 fully saturated rings. The molecule has 1 saturated carbocycles. The number of carbonyl (C=O) groups excluding carboxylic acids is 1. The highest BCUT2D eigenvalue weighted by Crippen LogP contribution is 2.33.